The predicted octanol–water partition coefficient (Wildman–Crippen LogP) is 1.43. The van der Waals surface area contributed by atoms with Crippen molar-refractivity contribution < 1.29 is 21.6 Å². The second-order valence-corrected chi connectivity index (χ2v) is 8.57. The highest BCUT2D eigenvalue weighted by Gasteiger charge is 2.09. The van der Waals surface area contributed by atoms with Gasteiger partial charge in [0.1, 0.15) is 15.6 Å². The molecule has 0 fully saturated rings. The second-order valence-electron chi connectivity index (χ2n) is 3.74. The Morgan fingerprint density at radius 1 is 1.11 bits per heavy atom. The Morgan fingerprint density at radius 3 is 2.11 bits per heavy atom. The lowest BCUT2D eigenvalue weighted by atomic mass is 10.3. The van der Waals surface area contributed by atoms with E-state index in [2.05, 4.69) is 0 Å². The molecular weight excluding hydrogens is 300 g/mol. The van der Waals surface area contributed by atoms with Crippen LogP contribution in [0.2, 0.25) is 0 Å². The Bertz CT molecular complexity index is 590. The van der Waals surface area contributed by atoms with E-state index in [4.69, 9.17) is 15.4 Å². The molecule has 1 aromatic carbocycles. The highest BCUT2D eigenvalue weighted by Crippen LogP contribution is 2.19. The zero-order valence-electron chi connectivity index (χ0n) is 9.67. The molecule has 0 radical (unpaired) electrons. The van der Waals surface area contributed by atoms with E-state index in [1.54, 1.807) is 0 Å². The fraction of sp³-hybridized carbons (Fsp3) is 0.400. The van der Waals surface area contributed by atoms with Gasteiger partial charge in [-0.3, -0.25) is 0 Å². The van der Waals surface area contributed by atoms with Crippen LogP contribution in [0.5, 0.6) is 5.75 Å². The van der Waals surface area contributed by atoms with E-state index in [0.717, 1.165) is 6.26 Å². The summed E-state index contributed by atoms with van der Waals surface area (Å²) < 4.78 is 48.9. The Morgan fingerprint density at radius 2 is 1.67 bits per heavy atom. The molecule has 8 heteroatoms. The number of benzene rings is 1. The Kier molecular flexibility index (Phi) is 5.01. The van der Waals surface area contributed by atoms with Crippen molar-refractivity contribution in [1.29, 1.82) is 0 Å². The number of rotatable bonds is 6. The average Bonchev–Trinajstić information content (AvgIpc) is 2.22. The largest absolute Gasteiger partial charge is 0.494 e. The summed E-state index contributed by atoms with van der Waals surface area (Å²) in [6, 6.07) is 5.59. The second kappa shape index (κ2) is 5.90. The average molecular weight is 313 g/mol. The van der Waals surface area contributed by atoms with Crippen LogP contribution in [0.4, 0.5) is 0 Å². The quantitative estimate of drug-likeness (QED) is 0.586. The van der Waals surface area contributed by atoms with Crippen molar-refractivity contribution in [2.24, 2.45) is 0 Å². The highest BCUT2D eigenvalue weighted by molar-refractivity contribution is 8.13. The van der Waals surface area contributed by atoms with Crippen LogP contribution >= 0.6 is 10.7 Å². The molecule has 0 spiro atoms. The number of hydrogen-bond donors (Lipinski definition) is 0. The molecule has 0 amide bonds. The molecule has 0 aliphatic carbocycles. The minimum atomic E-state index is -3.73. The van der Waals surface area contributed by atoms with E-state index >= 15 is 0 Å². The maximum absolute atomic E-state index is 11.0. The standard InChI is InChI=1S/C10H13ClO5S2/c1-17(12,13)8-2-7-16-9-3-5-10(6-4-9)18(11,14)15/h3-6H,2,7-8H2,1H3. The fourth-order valence-corrected chi connectivity index (χ4v) is 2.62. The van der Waals surface area contributed by atoms with Crippen LogP contribution in [-0.4, -0.2) is 35.5 Å². The molecule has 0 aliphatic rings. The molecule has 0 aliphatic heterocycles. The molecule has 0 heterocycles. The van der Waals surface area contributed by atoms with E-state index in [-0.39, 0.29) is 17.3 Å². The Labute approximate surface area is 111 Å². The zero-order chi connectivity index (χ0) is 13.8. The van der Waals surface area contributed by atoms with Gasteiger partial charge in [0.15, 0.2) is 0 Å². The van der Waals surface area contributed by atoms with Gasteiger partial charge in [-0.05, 0) is 30.7 Å². The molecule has 0 bridgehead atoms. The zero-order valence-corrected chi connectivity index (χ0v) is 12.1. The van der Waals surface area contributed by atoms with Crippen LogP contribution in [-0.2, 0) is 18.9 Å². The van der Waals surface area contributed by atoms with Gasteiger partial charge in [-0.1, -0.05) is 0 Å². The van der Waals surface area contributed by atoms with Gasteiger partial charge >= 0.3 is 0 Å². The summed E-state index contributed by atoms with van der Waals surface area (Å²) in [7, 11) is -1.56. The van der Waals surface area contributed by atoms with Gasteiger partial charge in [0, 0.05) is 16.9 Å². The SMILES string of the molecule is CS(=O)(=O)CCCOc1ccc(S(=O)(=O)Cl)cc1. The van der Waals surface area contributed by atoms with Crippen LogP contribution in [0.15, 0.2) is 29.2 Å². The van der Waals surface area contributed by atoms with Gasteiger partial charge in [-0.2, -0.15) is 0 Å². The Hall–Kier alpha value is -0.790. The molecule has 18 heavy (non-hydrogen) atoms. The summed E-state index contributed by atoms with van der Waals surface area (Å²) in [5.41, 5.74) is 0. The Balaban J connectivity index is 2.50. The lowest BCUT2D eigenvalue weighted by Gasteiger charge is -2.05. The van der Waals surface area contributed by atoms with Crippen molar-refractivity contribution in [3.8, 4) is 5.75 Å². The molecule has 5 nitrogen and oxygen atoms in total. The van der Waals surface area contributed by atoms with Crippen LogP contribution < -0.4 is 4.74 Å². The van der Waals surface area contributed by atoms with E-state index in [1.807, 2.05) is 0 Å². The number of sulfone groups is 1. The number of hydrogen-bond acceptors (Lipinski definition) is 5. The molecule has 102 valence electrons. The van der Waals surface area contributed by atoms with Crippen molar-refractivity contribution in [2.45, 2.75) is 11.3 Å². The van der Waals surface area contributed by atoms with Crippen molar-refractivity contribution >= 4 is 29.6 Å². The van der Waals surface area contributed by atoms with E-state index in [1.165, 1.54) is 24.3 Å². The van der Waals surface area contributed by atoms with E-state index in [9.17, 15) is 16.8 Å². The van der Waals surface area contributed by atoms with Gasteiger partial charge < -0.3 is 4.74 Å². The van der Waals surface area contributed by atoms with Gasteiger partial charge in [0.05, 0.1) is 17.3 Å². The molecule has 0 aromatic heterocycles. The molecule has 0 unspecified atom stereocenters. The summed E-state index contributed by atoms with van der Waals surface area (Å²) >= 11 is 0. The summed E-state index contributed by atoms with van der Waals surface area (Å²) in [6.07, 6.45) is 1.54. The fourth-order valence-electron chi connectivity index (χ4n) is 1.21. The smallest absolute Gasteiger partial charge is 0.261 e. The van der Waals surface area contributed by atoms with Crippen LogP contribution in [0, 0.1) is 0 Å². The van der Waals surface area contributed by atoms with Crippen LogP contribution in [0.1, 0.15) is 6.42 Å². The number of halogens is 1. The first-order valence-corrected chi connectivity index (χ1v) is 9.41. The van der Waals surface area contributed by atoms with Gasteiger partial charge in [0.25, 0.3) is 9.05 Å². The van der Waals surface area contributed by atoms with Crippen molar-refractivity contribution in [3.05, 3.63) is 24.3 Å². The lowest BCUT2D eigenvalue weighted by molar-refractivity contribution is 0.317. The first-order valence-electron chi connectivity index (χ1n) is 5.04. The molecular formula is C10H13ClO5S2. The maximum atomic E-state index is 11.0. The van der Waals surface area contributed by atoms with Crippen molar-refractivity contribution in [3.63, 3.8) is 0 Å². The lowest BCUT2D eigenvalue weighted by Crippen LogP contribution is -2.08. The molecule has 1 aromatic rings. The van der Waals surface area contributed by atoms with Crippen LogP contribution in [0.25, 0.3) is 0 Å². The highest BCUT2D eigenvalue weighted by atomic mass is 35.7. The third kappa shape index (κ3) is 5.70. The minimum absolute atomic E-state index is 0.00680. The topological polar surface area (TPSA) is 77.5 Å². The summed E-state index contributed by atoms with van der Waals surface area (Å²) in [4.78, 5) is -0.00680. The third-order valence-electron chi connectivity index (χ3n) is 2.03. The van der Waals surface area contributed by atoms with Crippen LogP contribution in [0.3, 0.4) is 0 Å². The van der Waals surface area contributed by atoms with Crippen molar-refractivity contribution in [2.75, 3.05) is 18.6 Å². The summed E-state index contributed by atoms with van der Waals surface area (Å²) in [6.45, 7) is 0.250. The molecule has 1 rings (SSSR count). The van der Waals surface area contributed by atoms with E-state index < -0.39 is 18.9 Å². The maximum Gasteiger partial charge on any atom is 0.261 e. The van der Waals surface area contributed by atoms with Gasteiger partial charge in [-0.15, -0.1) is 0 Å². The third-order valence-corrected chi connectivity index (χ3v) is 4.43. The summed E-state index contributed by atoms with van der Waals surface area (Å²) in [5, 5.41) is 0. The normalized spacial score (nSPS) is 12.3. The number of ether oxygens (including phenoxy) is 1. The molecule has 0 saturated heterocycles. The first kappa shape index (κ1) is 15.3. The predicted molar refractivity (Wildman–Crippen MR) is 69.3 cm³/mol. The molecule has 0 atom stereocenters. The minimum Gasteiger partial charge on any atom is -0.494 e. The molecule has 0 saturated carbocycles. The van der Waals surface area contributed by atoms with Gasteiger partial charge in [-0.25, -0.2) is 16.8 Å². The molecule has 0 N–H and O–H groups in total. The monoisotopic (exact) mass is 312 g/mol. The van der Waals surface area contributed by atoms with E-state index in [0.29, 0.717) is 12.2 Å². The van der Waals surface area contributed by atoms with Gasteiger partial charge in [0.2, 0.25) is 0 Å². The first-order chi connectivity index (χ1) is 8.18. The van der Waals surface area contributed by atoms with Crippen molar-refractivity contribution in [1.82, 2.24) is 0 Å². The summed E-state index contributed by atoms with van der Waals surface area (Å²) in [5.74, 6) is 0.522.